The summed E-state index contributed by atoms with van der Waals surface area (Å²) in [4.78, 5) is 22.4. The van der Waals surface area contributed by atoms with E-state index < -0.39 is 18.6 Å². The second-order valence-electron chi connectivity index (χ2n) is 3.64. The molecule has 0 aliphatic carbocycles. The molecule has 1 atom stereocenters. The molecule has 1 aromatic carbocycles. The van der Waals surface area contributed by atoms with Crippen molar-refractivity contribution in [2.75, 3.05) is 6.61 Å². The van der Waals surface area contributed by atoms with Crippen molar-refractivity contribution in [3.63, 3.8) is 0 Å². The van der Waals surface area contributed by atoms with Crippen LogP contribution in [-0.4, -0.2) is 29.6 Å². The zero-order valence-electron chi connectivity index (χ0n) is 9.64. The van der Waals surface area contributed by atoms with Gasteiger partial charge in [0.15, 0.2) is 0 Å². The molecule has 0 aliphatic rings. The summed E-state index contributed by atoms with van der Waals surface area (Å²) in [5.74, 6) is -0.745. The van der Waals surface area contributed by atoms with Crippen LogP contribution in [0.2, 0.25) is 0 Å². The smallest absolute Gasteiger partial charge is 0.245 e. The molecule has 0 aliphatic heterocycles. The fourth-order valence-electron chi connectivity index (χ4n) is 1.35. The SMILES string of the molecule is CC(=O)N[C@@H](CO)C(=O)NCc1ccccc1. The quantitative estimate of drug-likeness (QED) is 0.662. The Balaban J connectivity index is 2.45. The number of hydrogen-bond acceptors (Lipinski definition) is 3. The number of rotatable bonds is 5. The van der Waals surface area contributed by atoms with Gasteiger partial charge in [0.2, 0.25) is 11.8 Å². The van der Waals surface area contributed by atoms with Crippen LogP contribution < -0.4 is 10.6 Å². The molecule has 2 amide bonds. The minimum absolute atomic E-state index is 0.348. The Morgan fingerprint density at radius 2 is 1.94 bits per heavy atom. The van der Waals surface area contributed by atoms with Crippen molar-refractivity contribution < 1.29 is 14.7 Å². The summed E-state index contributed by atoms with van der Waals surface area (Å²) >= 11 is 0. The topological polar surface area (TPSA) is 78.4 Å². The monoisotopic (exact) mass is 236 g/mol. The molecule has 0 saturated carbocycles. The Labute approximate surface area is 99.8 Å². The van der Waals surface area contributed by atoms with E-state index >= 15 is 0 Å². The predicted octanol–water partition coefficient (Wildman–Crippen LogP) is -0.200. The van der Waals surface area contributed by atoms with Crippen LogP contribution in [0.25, 0.3) is 0 Å². The molecule has 5 heteroatoms. The standard InChI is InChI=1S/C12H16N2O3/c1-9(16)14-11(8-15)12(17)13-7-10-5-3-2-4-6-10/h2-6,11,15H,7-8H2,1H3,(H,13,17)(H,14,16)/t11-/m0/s1. The van der Waals surface area contributed by atoms with Crippen LogP contribution in [0.5, 0.6) is 0 Å². The van der Waals surface area contributed by atoms with Crippen LogP contribution in [0.3, 0.4) is 0 Å². The van der Waals surface area contributed by atoms with Gasteiger partial charge in [0.25, 0.3) is 0 Å². The average Bonchev–Trinajstić information content (AvgIpc) is 2.34. The molecule has 0 unspecified atom stereocenters. The molecule has 0 spiro atoms. The normalized spacial score (nSPS) is 11.6. The first-order chi connectivity index (χ1) is 8.13. The Kier molecular flexibility index (Phi) is 5.16. The van der Waals surface area contributed by atoms with Gasteiger partial charge in [-0.05, 0) is 5.56 Å². The van der Waals surface area contributed by atoms with Crippen molar-refractivity contribution in [3.8, 4) is 0 Å². The molecule has 0 heterocycles. The van der Waals surface area contributed by atoms with Gasteiger partial charge in [-0.25, -0.2) is 0 Å². The van der Waals surface area contributed by atoms with E-state index in [-0.39, 0.29) is 5.91 Å². The van der Waals surface area contributed by atoms with Crippen molar-refractivity contribution in [3.05, 3.63) is 35.9 Å². The summed E-state index contributed by atoms with van der Waals surface area (Å²) in [7, 11) is 0. The summed E-state index contributed by atoms with van der Waals surface area (Å²) in [6.07, 6.45) is 0. The number of carbonyl (C=O) groups is 2. The van der Waals surface area contributed by atoms with E-state index in [1.807, 2.05) is 30.3 Å². The van der Waals surface area contributed by atoms with Crippen molar-refractivity contribution in [2.24, 2.45) is 0 Å². The molecule has 17 heavy (non-hydrogen) atoms. The molecule has 1 aromatic rings. The molecule has 5 nitrogen and oxygen atoms in total. The van der Waals surface area contributed by atoms with Gasteiger partial charge >= 0.3 is 0 Å². The number of benzene rings is 1. The largest absolute Gasteiger partial charge is 0.394 e. The number of aliphatic hydroxyl groups is 1. The number of amides is 2. The molecule has 0 fully saturated rings. The number of carbonyl (C=O) groups excluding carboxylic acids is 2. The second kappa shape index (κ2) is 6.65. The van der Waals surface area contributed by atoms with E-state index in [2.05, 4.69) is 10.6 Å². The van der Waals surface area contributed by atoms with Crippen LogP contribution in [0.4, 0.5) is 0 Å². The third kappa shape index (κ3) is 4.65. The predicted molar refractivity (Wildman–Crippen MR) is 63.0 cm³/mol. The van der Waals surface area contributed by atoms with Gasteiger partial charge in [0.05, 0.1) is 6.61 Å². The lowest BCUT2D eigenvalue weighted by Gasteiger charge is -2.14. The van der Waals surface area contributed by atoms with Crippen LogP contribution in [0, 0.1) is 0 Å². The minimum Gasteiger partial charge on any atom is -0.394 e. The fraction of sp³-hybridized carbons (Fsp3) is 0.333. The molecule has 3 N–H and O–H groups in total. The lowest BCUT2D eigenvalue weighted by Crippen LogP contribution is -2.48. The van der Waals surface area contributed by atoms with Crippen LogP contribution >= 0.6 is 0 Å². The highest BCUT2D eigenvalue weighted by atomic mass is 16.3. The Morgan fingerprint density at radius 1 is 1.29 bits per heavy atom. The lowest BCUT2D eigenvalue weighted by atomic mass is 10.2. The molecule has 0 radical (unpaired) electrons. The Morgan fingerprint density at radius 3 is 2.47 bits per heavy atom. The summed E-state index contributed by atoms with van der Waals surface area (Å²) in [5.41, 5.74) is 0.959. The maximum atomic E-state index is 11.6. The highest BCUT2D eigenvalue weighted by molar-refractivity contribution is 5.86. The van der Waals surface area contributed by atoms with Crippen molar-refractivity contribution >= 4 is 11.8 Å². The highest BCUT2D eigenvalue weighted by Crippen LogP contribution is 1.97. The van der Waals surface area contributed by atoms with Gasteiger partial charge in [-0.1, -0.05) is 30.3 Å². The molecule has 1 rings (SSSR count). The van der Waals surface area contributed by atoms with Crippen LogP contribution in [0.1, 0.15) is 12.5 Å². The molecular formula is C12H16N2O3. The van der Waals surface area contributed by atoms with E-state index in [4.69, 9.17) is 5.11 Å². The highest BCUT2D eigenvalue weighted by Gasteiger charge is 2.17. The number of aliphatic hydroxyl groups excluding tert-OH is 1. The molecule has 0 aromatic heterocycles. The van der Waals surface area contributed by atoms with E-state index in [9.17, 15) is 9.59 Å². The second-order valence-corrected chi connectivity index (χ2v) is 3.64. The average molecular weight is 236 g/mol. The summed E-state index contributed by atoms with van der Waals surface area (Å²) in [5, 5.41) is 14.0. The fourth-order valence-corrected chi connectivity index (χ4v) is 1.35. The van der Waals surface area contributed by atoms with E-state index in [0.29, 0.717) is 6.54 Å². The zero-order valence-corrected chi connectivity index (χ0v) is 9.64. The summed E-state index contributed by atoms with van der Waals surface area (Å²) < 4.78 is 0. The molecular weight excluding hydrogens is 220 g/mol. The van der Waals surface area contributed by atoms with Gasteiger partial charge in [-0.3, -0.25) is 9.59 Å². The summed E-state index contributed by atoms with van der Waals surface area (Å²) in [6, 6.07) is 8.51. The van der Waals surface area contributed by atoms with Crippen molar-refractivity contribution in [1.82, 2.24) is 10.6 Å². The van der Waals surface area contributed by atoms with Gasteiger partial charge in [-0.2, -0.15) is 0 Å². The maximum Gasteiger partial charge on any atom is 0.245 e. The maximum absolute atomic E-state index is 11.6. The van der Waals surface area contributed by atoms with Crippen LogP contribution in [0.15, 0.2) is 30.3 Å². The first kappa shape index (κ1) is 13.2. The van der Waals surface area contributed by atoms with Gasteiger partial charge in [-0.15, -0.1) is 0 Å². The zero-order chi connectivity index (χ0) is 12.7. The van der Waals surface area contributed by atoms with Crippen molar-refractivity contribution in [1.29, 1.82) is 0 Å². The molecule has 0 saturated heterocycles. The Hall–Kier alpha value is -1.88. The molecule has 92 valence electrons. The van der Waals surface area contributed by atoms with E-state index in [0.717, 1.165) is 5.56 Å². The van der Waals surface area contributed by atoms with Crippen LogP contribution in [-0.2, 0) is 16.1 Å². The third-order valence-corrected chi connectivity index (χ3v) is 2.19. The first-order valence-electron chi connectivity index (χ1n) is 5.33. The number of hydrogen-bond donors (Lipinski definition) is 3. The number of nitrogens with one attached hydrogen (secondary N) is 2. The van der Waals surface area contributed by atoms with E-state index in [1.54, 1.807) is 0 Å². The molecule has 0 bridgehead atoms. The Bertz CT molecular complexity index is 379. The third-order valence-electron chi connectivity index (χ3n) is 2.19. The summed E-state index contributed by atoms with van der Waals surface area (Å²) in [6.45, 7) is 1.25. The van der Waals surface area contributed by atoms with E-state index in [1.165, 1.54) is 6.92 Å². The van der Waals surface area contributed by atoms with Gasteiger partial charge in [0, 0.05) is 13.5 Å². The van der Waals surface area contributed by atoms with Crippen molar-refractivity contribution in [2.45, 2.75) is 19.5 Å². The lowest BCUT2D eigenvalue weighted by molar-refractivity contribution is -0.129. The van der Waals surface area contributed by atoms with Gasteiger partial charge in [0.1, 0.15) is 6.04 Å². The first-order valence-corrected chi connectivity index (χ1v) is 5.33. The minimum atomic E-state index is -0.892. The van der Waals surface area contributed by atoms with Gasteiger partial charge < -0.3 is 15.7 Å².